The molecule has 0 amide bonds. The summed E-state index contributed by atoms with van der Waals surface area (Å²) in [5, 5.41) is 14.2. The summed E-state index contributed by atoms with van der Waals surface area (Å²) in [6.07, 6.45) is 1.48. The number of nitrogens with zero attached hydrogens (tertiary/aromatic N) is 4. The summed E-state index contributed by atoms with van der Waals surface area (Å²) in [4.78, 5) is 7.42. The molecule has 1 aliphatic rings. The molecule has 0 aliphatic carbocycles. The number of nitrogens with one attached hydrogen (secondary N) is 1. The quantitative estimate of drug-likeness (QED) is 0.401. The molecule has 190 valence electrons. The summed E-state index contributed by atoms with van der Waals surface area (Å²) < 4.78 is 56.5. The molecule has 8 nitrogen and oxygen atoms in total. The number of hydrogen-bond donors (Lipinski definition) is 1. The van der Waals surface area contributed by atoms with Gasteiger partial charge in [-0.3, -0.25) is 4.98 Å². The lowest BCUT2D eigenvalue weighted by Crippen LogP contribution is -2.44. The molecule has 10 heteroatoms. The maximum atomic E-state index is 9.77. The Morgan fingerprint density at radius 1 is 1.08 bits per heavy atom. The van der Waals surface area contributed by atoms with E-state index in [1.807, 2.05) is 0 Å². The van der Waals surface area contributed by atoms with Crippen LogP contribution in [0.15, 0.2) is 30.5 Å². The third-order valence-corrected chi connectivity index (χ3v) is 6.36. The van der Waals surface area contributed by atoms with Crippen LogP contribution in [0.5, 0.6) is 17.2 Å². The molecule has 1 aliphatic heterocycles. The second-order valence-corrected chi connectivity index (χ2v) is 8.82. The first-order chi connectivity index (χ1) is 19.4. The minimum Gasteiger partial charge on any atom is -0.495 e. The molecule has 0 atom stereocenters. The lowest BCUT2D eigenvalue weighted by molar-refractivity contribution is 0.145. The maximum Gasteiger partial charge on any atom is 0.163 e. The van der Waals surface area contributed by atoms with Gasteiger partial charge in [0.05, 0.1) is 53.3 Å². The van der Waals surface area contributed by atoms with E-state index in [-0.39, 0.29) is 31.7 Å². The van der Waals surface area contributed by atoms with E-state index in [2.05, 4.69) is 16.4 Å². The molecule has 3 aromatic rings. The number of halogens is 2. The molecule has 1 aromatic heterocycles. The average molecular weight is 535 g/mol. The molecule has 1 N–H and O–H groups in total. The van der Waals surface area contributed by atoms with Crippen LogP contribution in [0.2, 0.25) is 10.0 Å². The number of ether oxygens (including phenoxy) is 3. The van der Waals surface area contributed by atoms with Gasteiger partial charge in [0.2, 0.25) is 0 Å². The number of aromatic nitrogens is 1. The SMILES string of the molecule is [2H]C([2H])([2H])N1CCN(C([2H])([2H])CCOc2cc3ncc(C#N)c(Nc4cc(OC)c(Cl)cc4Cl)c3cc2OC)CC1. The largest absolute Gasteiger partial charge is 0.495 e. The molecule has 1 fully saturated rings. The van der Waals surface area contributed by atoms with Crippen LogP contribution in [0.3, 0.4) is 0 Å². The Hall–Kier alpha value is -2.96. The van der Waals surface area contributed by atoms with Gasteiger partial charge in [-0.05, 0) is 25.5 Å². The monoisotopic (exact) mass is 534 g/mol. The molecule has 4 rings (SSSR count). The van der Waals surface area contributed by atoms with Crippen LogP contribution >= 0.6 is 23.2 Å². The predicted octanol–water partition coefficient (Wildman–Crippen LogP) is 5.19. The van der Waals surface area contributed by atoms with Crippen molar-refractivity contribution in [1.82, 2.24) is 14.8 Å². The number of hydrogen-bond acceptors (Lipinski definition) is 8. The van der Waals surface area contributed by atoms with Crippen molar-refractivity contribution in [3.05, 3.63) is 46.1 Å². The first-order valence-corrected chi connectivity index (χ1v) is 12.0. The standard InChI is InChI=1S/C26H29Cl2N5O3/c1-32-6-8-33(9-7-32)5-4-10-36-25-13-21-18(11-24(25)35-3)26(17(15-29)16-30-21)31-22-14-23(34-2)20(28)12-19(22)27/h11-14,16H,4-10H2,1-3H3,(H,30,31)/i1D3,5D2. The van der Waals surface area contributed by atoms with Crippen molar-refractivity contribution < 1.29 is 21.1 Å². The summed E-state index contributed by atoms with van der Waals surface area (Å²) in [6.45, 7) is -2.72. The van der Waals surface area contributed by atoms with E-state index in [1.54, 1.807) is 23.1 Å². The second-order valence-electron chi connectivity index (χ2n) is 8.00. The highest BCUT2D eigenvalue weighted by Crippen LogP contribution is 2.40. The fourth-order valence-electron chi connectivity index (χ4n) is 3.84. The van der Waals surface area contributed by atoms with E-state index in [1.165, 1.54) is 31.4 Å². The van der Waals surface area contributed by atoms with Crippen LogP contribution in [-0.4, -0.2) is 75.3 Å². The zero-order chi connectivity index (χ0) is 29.9. The summed E-state index contributed by atoms with van der Waals surface area (Å²) >= 11 is 12.6. The molecular formula is C26H29Cl2N5O3. The van der Waals surface area contributed by atoms with Gasteiger partial charge in [-0.15, -0.1) is 0 Å². The second kappa shape index (κ2) is 11.8. The van der Waals surface area contributed by atoms with Crippen LogP contribution in [0.25, 0.3) is 10.9 Å². The highest BCUT2D eigenvalue weighted by Gasteiger charge is 2.17. The fraction of sp³-hybridized carbons (Fsp3) is 0.385. The number of methoxy groups -OCH3 is 2. The predicted molar refractivity (Wildman–Crippen MR) is 143 cm³/mol. The van der Waals surface area contributed by atoms with Crippen LogP contribution < -0.4 is 19.5 Å². The molecule has 36 heavy (non-hydrogen) atoms. The third kappa shape index (κ3) is 5.88. The van der Waals surface area contributed by atoms with Crippen LogP contribution in [0, 0.1) is 11.3 Å². The van der Waals surface area contributed by atoms with E-state index in [0.717, 1.165) is 0 Å². The Bertz CT molecular complexity index is 1460. The first-order valence-electron chi connectivity index (χ1n) is 13.7. The van der Waals surface area contributed by atoms with E-state index < -0.39 is 13.5 Å². The molecule has 1 saturated heterocycles. The van der Waals surface area contributed by atoms with Crippen molar-refractivity contribution in [2.45, 2.75) is 6.42 Å². The molecule has 0 bridgehead atoms. The van der Waals surface area contributed by atoms with Gasteiger partial charge in [-0.2, -0.15) is 5.26 Å². The third-order valence-electron chi connectivity index (χ3n) is 5.75. The van der Waals surface area contributed by atoms with Crippen LogP contribution in [0.1, 0.15) is 18.8 Å². The topological polar surface area (TPSA) is 82.9 Å². The van der Waals surface area contributed by atoms with Crippen LogP contribution in [0.4, 0.5) is 11.4 Å². The van der Waals surface area contributed by atoms with Gasteiger partial charge in [0, 0.05) is 63.2 Å². The molecule has 0 radical (unpaired) electrons. The molecular weight excluding hydrogens is 501 g/mol. The zero-order valence-electron chi connectivity index (χ0n) is 24.9. The summed E-state index contributed by atoms with van der Waals surface area (Å²) in [5.74, 6) is 1.13. The zero-order valence-corrected chi connectivity index (χ0v) is 21.4. The van der Waals surface area contributed by atoms with E-state index >= 15 is 0 Å². The van der Waals surface area contributed by atoms with E-state index in [0.29, 0.717) is 62.7 Å². The van der Waals surface area contributed by atoms with Gasteiger partial charge in [-0.1, -0.05) is 23.2 Å². The van der Waals surface area contributed by atoms with Gasteiger partial charge in [0.15, 0.2) is 11.5 Å². The lowest BCUT2D eigenvalue weighted by Gasteiger charge is -2.32. The number of anilines is 2. The van der Waals surface area contributed by atoms with Gasteiger partial charge < -0.3 is 29.3 Å². The number of likely N-dealkylation sites (N-methyl/N-ethyl adjacent to an activating group) is 1. The Kier molecular flexibility index (Phi) is 6.63. The molecule has 0 saturated carbocycles. The lowest BCUT2D eigenvalue weighted by atomic mass is 10.1. The Morgan fingerprint density at radius 3 is 2.56 bits per heavy atom. The molecule has 2 aromatic carbocycles. The normalized spacial score (nSPS) is 17.2. The number of benzene rings is 2. The molecule has 0 spiro atoms. The van der Waals surface area contributed by atoms with Crippen molar-refractivity contribution >= 4 is 45.5 Å². The highest BCUT2D eigenvalue weighted by molar-refractivity contribution is 6.37. The summed E-state index contributed by atoms with van der Waals surface area (Å²) in [5.41, 5.74) is 1.69. The highest BCUT2D eigenvalue weighted by atomic mass is 35.5. The van der Waals surface area contributed by atoms with Crippen molar-refractivity contribution in [1.29, 1.82) is 5.26 Å². The van der Waals surface area contributed by atoms with Crippen molar-refractivity contribution in [3.63, 3.8) is 0 Å². The Morgan fingerprint density at radius 2 is 1.86 bits per heavy atom. The Balaban J connectivity index is 1.54. The maximum absolute atomic E-state index is 9.77. The minimum absolute atomic E-state index is 0.0376. The average Bonchev–Trinajstić information content (AvgIpc) is 2.93. The van der Waals surface area contributed by atoms with Crippen molar-refractivity contribution in [2.24, 2.45) is 0 Å². The van der Waals surface area contributed by atoms with Crippen LogP contribution in [-0.2, 0) is 0 Å². The van der Waals surface area contributed by atoms with Gasteiger partial charge in [-0.25, -0.2) is 0 Å². The number of pyridine rings is 1. The Labute approximate surface area is 228 Å². The fourth-order valence-corrected chi connectivity index (χ4v) is 4.34. The minimum atomic E-state index is -2.18. The summed E-state index contributed by atoms with van der Waals surface area (Å²) in [7, 11) is 2.97. The summed E-state index contributed by atoms with van der Waals surface area (Å²) in [6, 6.07) is 8.65. The van der Waals surface area contributed by atoms with E-state index in [4.69, 9.17) is 44.3 Å². The number of fused-ring (bicyclic) bond motifs is 1. The number of piperazine rings is 1. The van der Waals surface area contributed by atoms with Gasteiger partial charge in [0.1, 0.15) is 11.8 Å². The first kappa shape index (κ1) is 20.1. The van der Waals surface area contributed by atoms with Crippen molar-refractivity contribution in [3.8, 4) is 23.3 Å². The molecule has 2 heterocycles. The number of rotatable bonds is 9. The van der Waals surface area contributed by atoms with Crippen molar-refractivity contribution in [2.75, 3.05) is 65.8 Å². The van der Waals surface area contributed by atoms with Gasteiger partial charge >= 0.3 is 0 Å². The smallest absolute Gasteiger partial charge is 0.163 e. The molecule has 0 unspecified atom stereocenters. The van der Waals surface area contributed by atoms with E-state index in [9.17, 15) is 5.26 Å². The van der Waals surface area contributed by atoms with Gasteiger partial charge in [0.25, 0.3) is 0 Å². The number of nitriles is 1.